The molecule has 1 fully saturated rings. The van der Waals surface area contributed by atoms with Crippen LogP contribution in [0.2, 0.25) is 0 Å². The van der Waals surface area contributed by atoms with Gasteiger partial charge in [-0.3, -0.25) is 14.5 Å². The van der Waals surface area contributed by atoms with E-state index in [2.05, 4.69) is 16.8 Å². The average molecular weight is 363 g/mol. The molecule has 0 saturated carbocycles. The Morgan fingerprint density at radius 1 is 1.40 bits per heavy atom. The number of carbonyl (C=O) groups is 1. The van der Waals surface area contributed by atoms with E-state index in [0.717, 1.165) is 41.2 Å². The standard InChI is InChI=1S/C18H25N3O3S/c1-5-24-18(23)13-6-8-21(9-7-13)11(3)15-19-16(22)14-10(2)12(4)25-17(14)20-15/h11,13H,5-9H2,1-4H3,(H,19,20,22). The smallest absolute Gasteiger partial charge is 0.309 e. The maximum absolute atomic E-state index is 12.5. The highest BCUT2D eigenvalue weighted by atomic mass is 32.1. The zero-order valence-electron chi connectivity index (χ0n) is 15.2. The Morgan fingerprint density at radius 2 is 2.08 bits per heavy atom. The molecule has 2 aromatic rings. The van der Waals surface area contributed by atoms with Crippen LogP contribution >= 0.6 is 11.3 Å². The lowest BCUT2D eigenvalue weighted by Crippen LogP contribution is -2.39. The van der Waals surface area contributed by atoms with E-state index in [4.69, 9.17) is 9.72 Å². The Balaban J connectivity index is 1.76. The van der Waals surface area contributed by atoms with Gasteiger partial charge in [0.05, 0.1) is 24.0 Å². The molecule has 0 aliphatic carbocycles. The van der Waals surface area contributed by atoms with Crippen LogP contribution in [0, 0.1) is 19.8 Å². The third-order valence-electron chi connectivity index (χ3n) is 5.15. The highest BCUT2D eigenvalue weighted by Crippen LogP contribution is 2.29. The van der Waals surface area contributed by atoms with Crippen LogP contribution in [0.1, 0.15) is 49.0 Å². The van der Waals surface area contributed by atoms with Crippen molar-refractivity contribution >= 4 is 27.5 Å². The van der Waals surface area contributed by atoms with Gasteiger partial charge in [-0.05, 0) is 59.2 Å². The van der Waals surface area contributed by atoms with Crippen molar-refractivity contribution in [2.24, 2.45) is 5.92 Å². The second kappa shape index (κ2) is 7.25. The summed E-state index contributed by atoms with van der Waals surface area (Å²) in [6.07, 6.45) is 1.57. The topological polar surface area (TPSA) is 75.3 Å². The maximum Gasteiger partial charge on any atom is 0.309 e. The molecule has 0 aromatic carbocycles. The number of H-pyrrole nitrogens is 1. The first kappa shape index (κ1) is 18.1. The SMILES string of the molecule is CCOC(=O)C1CCN(C(C)c2nc3sc(C)c(C)c3c(=O)[nH]2)CC1. The maximum atomic E-state index is 12.5. The molecule has 0 amide bonds. The zero-order valence-corrected chi connectivity index (χ0v) is 16.0. The lowest BCUT2D eigenvalue weighted by Gasteiger charge is -2.34. The number of ether oxygens (including phenoxy) is 1. The zero-order chi connectivity index (χ0) is 18.1. The minimum absolute atomic E-state index is 0.0134. The van der Waals surface area contributed by atoms with Gasteiger partial charge in [-0.15, -0.1) is 11.3 Å². The second-order valence-electron chi connectivity index (χ2n) is 6.65. The van der Waals surface area contributed by atoms with Gasteiger partial charge in [0.15, 0.2) is 0 Å². The summed E-state index contributed by atoms with van der Waals surface area (Å²) in [5.41, 5.74) is 0.957. The number of esters is 1. The minimum atomic E-state index is -0.0905. The summed E-state index contributed by atoms with van der Waals surface area (Å²) in [5.74, 6) is 0.598. The number of thiophene rings is 1. The molecule has 25 heavy (non-hydrogen) atoms. The van der Waals surface area contributed by atoms with Crippen molar-refractivity contribution in [3.8, 4) is 0 Å². The molecule has 136 valence electrons. The Bertz CT molecular complexity index is 834. The quantitative estimate of drug-likeness (QED) is 0.845. The predicted molar refractivity (Wildman–Crippen MR) is 99.1 cm³/mol. The molecule has 3 rings (SSSR count). The number of nitrogens with zero attached hydrogens (tertiary/aromatic N) is 2. The van der Waals surface area contributed by atoms with Crippen LogP contribution in [0.15, 0.2) is 4.79 Å². The molecule has 1 atom stereocenters. The van der Waals surface area contributed by atoms with E-state index >= 15 is 0 Å². The van der Waals surface area contributed by atoms with Crippen molar-refractivity contribution in [2.45, 2.75) is 46.6 Å². The summed E-state index contributed by atoms with van der Waals surface area (Å²) >= 11 is 1.57. The van der Waals surface area contributed by atoms with Gasteiger partial charge in [-0.2, -0.15) is 0 Å². The number of rotatable bonds is 4. The van der Waals surface area contributed by atoms with Crippen molar-refractivity contribution in [1.29, 1.82) is 0 Å². The number of aromatic amines is 1. The van der Waals surface area contributed by atoms with Gasteiger partial charge in [0.2, 0.25) is 0 Å². The van der Waals surface area contributed by atoms with Crippen LogP contribution in [0.25, 0.3) is 10.2 Å². The van der Waals surface area contributed by atoms with Crippen molar-refractivity contribution in [2.75, 3.05) is 19.7 Å². The van der Waals surface area contributed by atoms with Gasteiger partial charge in [-0.1, -0.05) is 0 Å². The summed E-state index contributed by atoms with van der Waals surface area (Å²) < 4.78 is 5.12. The number of hydrogen-bond acceptors (Lipinski definition) is 6. The number of piperidine rings is 1. The number of aryl methyl sites for hydroxylation is 2. The first-order valence-corrected chi connectivity index (χ1v) is 9.64. The molecular weight excluding hydrogens is 338 g/mol. The molecule has 1 aliphatic rings. The number of nitrogens with one attached hydrogen (secondary N) is 1. The normalized spacial score (nSPS) is 17.8. The molecule has 6 nitrogen and oxygen atoms in total. The molecule has 2 aromatic heterocycles. The van der Waals surface area contributed by atoms with Crippen molar-refractivity contribution in [3.05, 3.63) is 26.6 Å². The van der Waals surface area contributed by atoms with E-state index in [1.807, 2.05) is 20.8 Å². The predicted octanol–water partition coefficient (Wildman–Crippen LogP) is 2.94. The van der Waals surface area contributed by atoms with Crippen LogP contribution in [-0.4, -0.2) is 40.5 Å². The number of likely N-dealkylation sites (tertiary alicyclic amines) is 1. The summed E-state index contributed by atoms with van der Waals surface area (Å²) in [7, 11) is 0. The Hall–Kier alpha value is -1.73. The van der Waals surface area contributed by atoms with Gasteiger partial charge in [-0.25, -0.2) is 4.98 Å². The molecule has 0 radical (unpaired) electrons. The molecule has 1 saturated heterocycles. The molecular formula is C18H25N3O3S. The van der Waals surface area contributed by atoms with Crippen LogP contribution < -0.4 is 5.56 Å². The lowest BCUT2D eigenvalue weighted by atomic mass is 9.96. The van der Waals surface area contributed by atoms with Gasteiger partial charge in [0, 0.05) is 4.88 Å². The molecule has 0 bridgehead atoms. The number of hydrogen-bond donors (Lipinski definition) is 1. The van der Waals surface area contributed by atoms with Gasteiger partial charge >= 0.3 is 5.97 Å². The Kier molecular flexibility index (Phi) is 5.24. The number of fused-ring (bicyclic) bond motifs is 1. The summed E-state index contributed by atoms with van der Waals surface area (Å²) in [5, 5.41) is 0.708. The van der Waals surface area contributed by atoms with Crippen LogP contribution in [0.4, 0.5) is 0 Å². The second-order valence-corrected chi connectivity index (χ2v) is 7.86. The average Bonchev–Trinajstić information content (AvgIpc) is 2.89. The molecule has 1 aliphatic heterocycles. The van der Waals surface area contributed by atoms with E-state index < -0.39 is 0 Å². The fourth-order valence-electron chi connectivity index (χ4n) is 3.42. The molecule has 0 spiro atoms. The first-order valence-electron chi connectivity index (χ1n) is 8.83. The largest absolute Gasteiger partial charge is 0.466 e. The monoisotopic (exact) mass is 363 g/mol. The van der Waals surface area contributed by atoms with E-state index in [1.54, 1.807) is 11.3 Å². The summed E-state index contributed by atoms with van der Waals surface area (Å²) in [6.45, 7) is 9.91. The summed E-state index contributed by atoms with van der Waals surface area (Å²) in [6, 6.07) is 0.0166. The van der Waals surface area contributed by atoms with Gasteiger partial charge in [0.25, 0.3) is 5.56 Å². The highest BCUT2D eigenvalue weighted by molar-refractivity contribution is 7.18. The van der Waals surface area contributed by atoms with Crippen molar-refractivity contribution in [3.63, 3.8) is 0 Å². The fourth-order valence-corrected chi connectivity index (χ4v) is 4.46. The number of aromatic nitrogens is 2. The molecule has 3 heterocycles. The summed E-state index contributed by atoms with van der Waals surface area (Å²) in [4.78, 5) is 36.2. The lowest BCUT2D eigenvalue weighted by molar-refractivity contribution is -0.149. The number of carbonyl (C=O) groups excluding carboxylic acids is 1. The third-order valence-corrected chi connectivity index (χ3v) is 6.25. The Morgan fingerprint density at radius 3 is 2.72 bits per heavy atom. The molecule has 1 N–H and O–H groups in total. The van der Waals surface area contributed by atoms with E-state index in [0.29, 0.717) is 17.8 Å². The van der Waals surface area contributed by atoms with Gasteiger partial charge < -0.3 is 9.72 Å². The van der Waals surface area contributed by atoms with Crippen LogP contribution in [0.3, 0.4) is 0 Å². The van der Waals surface area contributed by atoms with Crippen LogP contribution in [0.5, 0.6) is 0 Å². The first-order chi connectivity index (χ1) is 11.9. The fraction of sp³-hybridized carbons (Fsp3) is 0.611. The molecule has 7 heteroatoms. The highest BCUT2D eigenvalue weighted by Gasteiger charge is 2.29. The molecule has 1 unspecified atom stereocenters. The Labute approximate surface area is 151 Å². The van der Waals surface area contributed by atoms with Gasteiger partial charge in [0.1, 0.15) is 10.7 Å². The van der Waals surface area contributed by atoms with E-state index in [-0.39, 0.29) is 23.5 Å². The third kappa shape index (κ3) is 3.48. The van der Waals surface area contributed by atoms with E-state index in [9.17, 15) is 9.59 Å². The van der Waals surface area contributed by atoms with Crippen molar-refractivity contribution < 1.29 is 9.53 Å². The van der Waals surface area contributed by atoms with Crippen LogP contribution in [-0.2, 0) is 9.53 Å². The van der Waals surface area contributed by atoms with E-state index in [1.165, 1.54) is 0 Å². The minimum Gasteiger partial charge on any atom is -0.466 e. The van der Waals surface area contributed by atoms with Crippen molar-refractivity contribution in [1.82, 2.24) is 14.9 Å².